The molecule has 2 aliphatic rings. The van der Waals surface area contributed by atoms with Gasteiger partial charge in [0.25, 0.3) is 0 Å². The second-order valence-corrected chi connectivity index (χ2v) is 6.87. The average molecular weight is 300 g/mol. The first-order valence-electron chi connectivity index (χ1n) is 8.75. The van der Waals surface area contributed by atoms with Gasteiger partial charge in [-0.05, 0) is 25.3 Å². The first kappa shape index (κ1) is 15.7. The normalized spacial score (nSPS) is 27.7. The monoisotopic (exact) mass is 300 g/mol. The SMILES string of the molecule is CC(=O)C1CCCCC1N1CCN(Cc2ccccc2)CC1. The quantitative estimate of drug-likeness (QED) is 0.854. The molecule has 0 aromatic heterocycles. The van der Waals surface area contributed by atoms with Crippen molar-refractivity contribution in [1.29, 1.82) is 0 Å². The van der Waals surface area contributed by atoms with E-state index in [1.54, 1.807) is 6.92 Å². The van der Waals surface area contributed by atoms with Gasteiger partial charge in [-0.25, -0.2) is 0 Å². The van der Waals surface area contributed by atoms with Gasteiger partial charge in [-0.15, -0.1) is 0 Å². The minimum absolute atomic E-state index is 0.287. The molecule has 1 aliphatic heterocycles. The number of ketones is 1. The number of hydrogen-bond acceptors (Lipinski definition) is 3. The highest BCUT2D eigenvalue weighted by molar-refractivity contribution is 5.79. The van der Waals surface area contributed by atoms with Gasteiger partial charge in [0.15, 0.2) is 0 Å². The molecule has 0 amide bonds. The molecular formula is C19H28N2O. The fourth-order valence-electron chi connectivity index (χ4n) is 4.12. The largest absolute Gasteiger partial charge is 0.300 e. The topological polar surface area (TPSA) is 23.6 Å². The Morgan fingerprint density at radius 1 is 1.05 bits per heavy atom. The van der Waals surface area contributed by atoms with E-state index in [2.05, 4.69) is 40.1 Å². The van der Waals surface area contributed by atoms with E-state index in [4.69, 9.17) is 0 Å². The van der Waals surface area contributed by atoms with Gasteiger partial charge in [-0.3, -0.25) is 14.6 Å². The van der Waals surface area contributed by atoms with E-state index in [1.165, 1.54) is 24.8 Å². The minimum atomic E-state index is 0.287. The molecule has 3 heteroatoms. The summed E-state index contributed by atoms with van der Waals surface area (Å²) in [6.07, 6.45) is 4.83. The van der Waals surface area contributed by atoms with Crippen molar-refractivity contribution in [2.24, 2.45) is 5.92 Å². The Hall–Kier alpha value is -1.19. The standard InChI is InChI=1S/C19H28N2O/c1-16(22)18-9-5-6-10-19(18)21-13-11-20(12-14-21)15-17-7-3-2-4-8-17/h2-4,7-8,18-19H,5-6,9-15H2,1H3. The molecule has 22 heavy (non-hydrogen) atoms. The van der Waals surface area contributed by atoms with Crippen LogP contribution in [0, 0.1) is 5.92 Å². The number of carbonyl (C=O) groups excluding carboxylic acids is 1. The first-order valence-corrected chi connectivity index (χ1v) is 8.75. The highest BCUT2D eigenvalue weighted by Crippen LogP contribution is 2.30. The molecule has 0 radical (unpaired) electrons. The summed E-state index contributed by atoms with van der Waals surface area (Å²) in [6, 6.07) is 11.2. The molecule has 0 spiro atoms. The van der Waals surface area contributed by atoms with Crippen molar-refractivity contribution in [1.82, 2.24) is 9.80 Å². The summed E-state index contributed by atoms with van der Waals surface area (Å²) in [7, 11) is 0. The molecule has 2 atom stereocenters. The summed E-state index contributed by atoms with van der Waals surface area (Å²) >= 11 is 0. The highest BCUT2D eigenvalue weighted by Gasteiger charge is 2.34. The zero-order valence-electron chi connectivity index (χ0n) is 13.7. The van der Waals surface area contributed by atoms with Gasteiger partial charge in [-0.2, -0.15) is 0 Å². The molecule has 1 aromatic carbocycles. The predicted octanol–water partition coefficient (Wildman–Crippen LogP) is 2.95. The molecule has 0 bridgehead atoms. The van der Waals surface area contributed by atoms with Crippen LogP contribution in [0.15, 0.2) is 30.3 Å². The van der Waals surface area contributed by atoms with Gasteiger partial charge >= 0.3 is 0 Å². The Morgan fingerprint density at radius 3 is 2.41 bits per heavy atom. The van der Waals surface area contributed by atoms with Gasteiger partial charge in [0.2, 0.25) is 0 Å². The molecule has 3 rings (SSSR count). The smallest absolute Gasteiger partial charge is 0.134 e. The number of piperazine rings is 1. The van der Waals surface area contributed by atoms with E-state index in [0.717, 1.165) is 39.1 Å². The number of carbonyl (C=O) groups is 1. The van der Waals surface area contributed by atoms with Crippen LogP contribution in [0.5, 0.6) is 0 Å². The van der Waals surface area contributed by atoms with Crippen LogP contribution in [0.1, 0.15) is 38.2 Å². The number of rotatable bonds is 4. The Labute approximate surface area is 134 Å². The zero-order chi connectivity index (χ0) is 15.4. The van der Waals surface area contributed by atoms with Crippen LogP contribution in [0.25, 0.3) is 0 Å². The van der Waals surface area contributed by atoms with Gasteiger partial charge < -0.3 is 0 Å². The number of nitrogens with zero attached hydrogens (tertiary/aromatic N) is 2. The fourth-order valence-corrected chi connectivity index (χ4v) is 4.12. The first-order chi connectivity index (χ1) is 10.7. The lowest BCUT2D eigenvalue weighted by Gasteiger charge is -2.43. The third-order valence-corrected chi connectivity index (χ3v) is 5.38. The van der Waals surface area contributed by atoms with E-state index in [9.17, 15) is 4.79 Å². The molecule has 2 unspecified atom stereocenters. The lowest BCUT2D eigenvalue weighted by atomic mass is 9.81. The van der Waals surface area contributed by atoms with E-state index >= 15 is 0 Å². The maximum atomic E-state index is 11.9. The Bertz CT molecular complexity index is 479. The van der Waals surface area contributed by atoms with Crippen LogP contribution in [0.2, 0.25) is 0 Å². The van der Waals surface area contributed by atoms with Crippen LogP contribution < -0.4 is 0 Å². The molecule has 2 fully saturated rings. The molecule has 0 N–H and O–H groups in total. The van der Waals surface area contributed by atoms with Crippen LogP contribution in [-0.4, -0.2) is 47.8 Å². The van der Waals surface area contributed by atoms with Crippen LogP contribution in [0.4, 0.5) is 0 Å². The molecule has 1 aromatic rings. The van der Waals surface area contributed by atoms with Crippen molar-refractivity contribution in [3.63, 3.8) is 0 Å². The molecule has 1 saturated carbocycles. The third-order valence-electron chi connectivity index (χ3n) is 5.38. The van der Waals surface area contributed by atoms with Crippen molar-refractivity contribution in [3.8, 4) is 0 Å². The van der Waals surface area contributed by atoms with Gasteiger partial charge in [0.05, 0.1) is 0 Å². The van der Waals surface area contributed by atoms with Crippen molar-refractivity contribution < 1.29 is 4.79 Å². The van der Waals surface area contributed by atoms with Crippen LogP contribution >= 0.6 is 0 Å². The van der Waals surface area contributed by atoms with Crippen LogP contribution in [0.3, 0.4) is 0 Å². The highest BCUT2D eigenvalue weighted by atomic mass is 16.1. The minimum Gasteiger partial charge on any atom is -0.300 e. The van der Waals surface area contributed by atoms with E-state index < -0.39 is 0 Å². The number of benzene rings is 1. The Kier molecular flexibility index (Phi) is 5.27. The fraction of sp³-hybridized carbons (Fsp3) is 0.632. The second-order valence-electron chi connectivity index (χ2n) is 6.87. The molecule has 3 nitrogen and oxygen atoms in total. The summed E-state index contributed by atoms with van der Waals surface area (Å²) < 4.78 is 0. The van der Waals surface area contributed by atoms with Crippen molar-refractivity contribution in [2.45, 2.75) is 45.2 Å². The zero-order valence-corrected chi connectivity index (χ0v) is 13.7. The number of Topliss-reactive ketones (excluding diaryl/α,β-unsaturated/α-hetero) is 1. The summed E-state index contributed by atoms with van der Waals surface area (Å²) in [4.78, 5) is 17.0. The second kappa shape index (κ2) is 7.38. The Balaban J connectivity index is 1.53. The van der Waals surface area contributed by atoms with Gasteiger partial charge in [0.1, 0.15) is 5.78 Å². The maximum Gasteiger partial charge on any atom is 0.134 e. The van der Waals surface area contributed by atoms with E-state index in [0.29, 0.717) is 11.8 Å². The molecule has 1 heterocycles. The van der Waals surface area contributed by atoms with Crippen molar-refractivity contribution in [3.05, 3.63) is 35.9 Å². The number of hydrogen-bond donors (Lipinski definition) is 0. The lowest BCUT2D eigenvalue weighted by molar-refractivity contribution is -0.124. The molecule has 1 aliphatic carbocycles. The van der Waals surface area contributed by atoms with Crippen LogP contribution in [-0.2, 0) is 11.3 Å². The van der Waals surface area contributed by atoms with Crippen molar-refractivity contribution in [2.75, 3.05) is 26.2 Å². The average Bonchev–Trinajstić information content (AvgIpc) is 2.56. The third kappa shape index (κ3) is 3.76. The van der Waals surface area contributed by atoms with Crippen molar-refractivity contribution >= 4 is 5.78 Å². The summed E-state index contributed by atoms with van der Waals surface area (Å²) in [5.74, 6) is 0.686. The molecule has 120 valence electrons. The van der Waals surface area contributed by atoms with E-state index in [-0.39, 0.29) is 5.92 Å². The maximum absolute atomic E-state index is 11.9. The molecule has 1 saturated heterocycles. The van der Waals surface area contributed by atoms with E-state index in [1.807, 2.05) is 0 Å². The Morgan fingerprint density at radius 2 is 1.73 bits per heavy atom. The van der Waals surface area contributed by atoms with Gasteiger partial charge in [-0.1, -0.05) is 43.2 Å². The summed E-state index contributed by atoms with van der Waals surface area (Å²) in [5.41, 5.74) is 1.40. The van der Waals surface area contributed by atoms with Gasteiger partial charge in [0, 0.05) is 44.7 Å². The summed E-state index contributed by atoms with van der Waals surface area (Å²) in [5, 5.41) is 0. The predicted molar refractivity (Wildman–Crippen MR) is 89.7 cm³/mol. The molecular weight excluding hydrogens is 272 g/mol. The lowest BCUT2D eigenvalue weighted by Crippen LogP contribution is -2.53. The summed E-state index contributed by atoms with van der Waals surface area (Å²) in [6.45, 7) is 7.30.